The van der Waals surface area contributed by atoms with Crippen molar-refractivity contribution in [1.82, 2.24) is 10.2 Å². The summed E-state index contributed by atoms with van der Waals surface area (Å²) in [5, 5.41) is 12.9. The summed E-state index contributed by atoms with van der Waals surface area (Å²) in [4.78, 5) is 14.7. The zero-order valence-electron chi connectivity index (χ0n) is 11.2. The van der Waals surface area contributed by atoms with E-state index in [1.54, 1.807) is 18.2 Å². The SMILES string of the molecule is Cc1ccc(O)c(C(=O)NC2CN3CCC2CC3)c1. The minimum atomic E-state index is -0.153. The van der Waals surface area contributed by atoms with Crippen molar-refractivity contribution >= 4 is 5.91 Å². The smallest absolute Gasteiger partial charge is 0.255 e. The summed E-state index contributed by atoms with van der Waals surface area (Å²) in [7, 11) is 0. The summed E-state index contributed by atoms with van der Waals surface area (Å²) in [5.41, 5.74) is 1.37. The van der Waals surface area contributed by atoms with E-state index < -0.39 is 0 Å². The molecule has 2 bridgehead atoms. The van der Waals surface area contributed by atoms with E-state index in [1.165, 1.54) is 12.8 Å². The van der Waals surface area contributed by atoms with Crippen LogP contribution in [0.25, 0.3) is 0 Å². The summed E-state index contributed by atoms with van der Waals surface area (Å²) in [5.74, 6) is 0.505. The van der Waals surface area contributed by atoms with E-state index in [-0.39, 0.29) is 17.7 Å². The van der Waals surface area contributed by atoms with Gasteiger partial charge in [-0.05, 0) is 50.9 Å². The maximum Gasteiger partial charge on any atom is 0.255 e. The molecule has 3 heterocycles. The van der Waals surface area contributed by atoms with Crippen LogP contribution in [0.4, 0.5) is 0 Å². The highest BCUT2D eigenvalue weighted by Gasteiger charge is 2.35. The molecule has 0 radical (unpaired) electrons. The molecule has 4 heteroatoms. The van der Waals surface area contributed by atoms with Crippen LogP contribution in [0, 0.1) is 12.8 Å². The zero-order chi connectivity index (χ0) is 13.4. The van der Waals surface area contributed by atoms with Gasteiger partial charge in [0.25, 0.3) is 5.91 Å². The van der Waals surface area contributed by atoms with E-state index in [1.807, 2.05) is 6.92 Å². The van der Waals surface area contributed by atoms with Gasteiger partial charge in [0, 0.05) is 12.6 Å². The van der Waals surface area contributed by atoms with Crippen LogP contribution < -0.4 is 5.32 Å². The fraction of sp³-hybridized carbons (Fsp3) is 0.533. The van der Waals surface area contributed by atoms with Crippen LogP contribution in [-0.2, 0) is 0 Å². The zero-order valence-corrected chi connectivity index (χ0v) is 11.2. The van der Waals surface area contributed by atoms with E-state index in [0.29, 0.717) is 11.5 Å². The number of hydrogen-bond acceptors (Lipinski definition) is 3. The third-order valence-corrected chi connectivity index (χ3v) is 4.37. The van der Waals surface area contributed by atoms with Gasteiger partial charge in [0.05, 0.1) is 5.56 Å². The normalized spacial score (nSPS) is 29.2. The van der Waals surface area contributed by atoms with E-state index in [2.05, 4.69) is 10.2 Å². The van der Waals surface area contributed by atoms with E-state index in [0.717, 1.165) is 25.2 Å². The summed E-state index contributed by atoms with van der Waals surface area (Å²) in [6, 6.07) is 5.36. The van der Waals surface area contributed by atoms with Gasteiger partial charge in [-0.2, -0.15) is 0 Å². The third-order valence-electron chi connectivity index (χ3n) is 4.37. The van der Waals surface area contributed by atoms with Crippen molar-refractivity contribution in [2.24, 2.45) is 5.92 Å². The topological polar surface area (TPSA) is 52.6 Å². The minimum absolute atomic E-state index is 0.0596. The molecule has 3 fully saturated rings. The molecule has 0 aromatic heterocycles. The predicted molar refractivity (Wildman–Crippen MR) is 73.3 cm³/mol. The largest absolute Gasteiger partial charge is 0.507 e. The molecule has 2 N–H and O–H groups in total. The molecule has 3 aliphatic rings. The molecule has 1 amide bonds. The Kier molecular flexibility index (Phi) is 3.19. The molecule has 1 atom stereocenters. The number of nitrogens with zero attached hydrogens (tertiary/aromatic N) is 1. The Morgan fingerprint density at radius 3 is 2.74 bits per heavy atom. The molecule has 4 nitrogen and oxygen atoms in total. The van der Waals surface area contributed by atoms with E-state index >= 15 is 0 Å². The molecule has 1 aromatic rings. The molecular formula is C15H20N2O2. The van der Waals surface area contributed by atoms with Gasteiger partial charge in [0.1, 0.15) is 5.75 Å². The van der Waals surface area contributed by atoms with Crippen LogP contribution in [0.3, 0.4) is 0 Å². The number of aryl methyl sites for hydroxylation is 1. The monoisotopic (exact) mass is 260 g/mol. The molecular weight excluding hydrogens is 240 g/mol. The third kappa shape index (κ3) is 2.45. The number of nitrogens with one attached hydrogen (secondary N) is 1. The lowest BCUT2D eigenvalue weighted by Crippen LogP contribution is -2.57. The Morgan fingerprint density at radius 1 is 1.37 bits per heavy atom. The van der Waals surface area contributed by atoms with Crippen molar-refractivity contribution in [3.63, 3.8) is 0 Å². The second-order valence-corrected chi connectivity index (χ2v) is 5.74. The summed E-state index contributed by atoms with van der Waals surface area (Å²) >= 11 is 0. The van der Waals surface area contributed by atoms with Crippen LogP contribution >= 0.6 is 0 Å². The number of rotatable bonds is 2. The molecule has 1 unspecified atom stereocenters. The molecule has 4 rings (SSSR count). The Morgan fingerprint density at radius 2 is 2.11 bits per heavy atom. The first-order valence-corrected chi connectivity index (χ1v) is 6.96. The Balaban J connectivity index is 1.73. The molecule has 0 saturated carbocycles. The van der Waals surface area contributed by atoms with Crippen molar-refractivity contribution < 1.29 is 9.90 Å². The van der Waals surface area contributed by atoms with Crippen LogP contribution in [0.2, 0.25) is 0 Å². The first-order valence-electron chi connectivity index (χ1n) is 6.96. The highest BCUT2D eigenvalue weighted by atomic mass is 16.3. The Bertz CT molecular complexity index is 493. The molecule has 3 saturated heterocycles. The van der Waals surface area contributed by atoms with Crippen molar-refractivity contribution in [3.8, 4) is 5.75 Å². The maximum absolute atomic E-state index is 12.3. The minimum Gasteiger partial charge on any atom is -0.507 e. The summed E-state index contributed by atoms with van der Waals surface area (Å²) in [6.07, 6.45) is 2.34. The Hall–Kier alpha value is -1.55. The number of piperidine rings is 3. The second kappa shape index (κ2) is 4.85. The van der Waals surface area contributed by atoms with Gasteiger partial charge >= 0.3 is 0 Å². The lowest BCUT2D eigenvalue weighted by Gasteiger charge is -2.44. The van der Waals surface area contributed by atoms with Gasteiger partial charge in [-0.3, -0.25) is 4.79 Å². The number of fused-ring (bicyclic) bond motifs is 3. The molecule has 3 aliphatic heterocycles. The maximum atomic E-state index is 12.3. The summed E-state index contributed by atoms with van der Waals surface area (Å²) in [6.45, 7) is 5.19. The number of hydrogen-bond donors (Lipinski definition) is 2. The lowest BCUT2D eigenvalue weighted by molar-refractivity contribution is 0.0619. The number of carbonyl (C=O) groups is 1. The van der Waals surface area contributed by atoms with Crippen molar-refractivity contribution in [2.75, 3.05) is 19.6 Å². The van der Waals surface area contributed by atoms with Crippen molar-refractivity contribution in [2.45, 2.75) is 25.8 Å². The average molecular weight is 260 g/mol. The van der Waals surface area contributed by atoms with Gasteiger partial charge < -0.3 is 15.3 Å². The van der Waals surface area contributed by atoms with Gasteiger partial charge in [-0.25, -0.2) is 0 Å². The van der Waals surface area contributed by atoms with Crippen LogP contribution in [-0.4, -0.2) is 41.6 Å². The standard InChI is InChI=1S/C15H20N2O2/c1-10-2-3-14(18)12(8-10)15(19)16-13-9-17-6-4-11(13)5-7-17/h2-3,8,11,13,18H,4-7,9H2,1H3,(H,16,19). The van der Waals surface area contributed by atoms with Crippen molar-refractivity contribution in [3.05, 3.63) is 29.3 Å². The Labute approximate surface area is 113 Å². The number of phenols is 1. The molecule has 1 aromatic carbocycles. The quantitative estimate of drug-likeness (QED) is 0.848. The fourth-order valence-corrected chi connectivity index (χ4v) is 3.21. The average Bonchev–Trinajstić information content (AvgIpc) is 2.43. The van der Waals surface area contributed by atoms with Gasteiger partial charge in [0.15, 0.2) is 0 Å². The van der Waals surface area contributed by atoms with E-state index in [9.17, 15) is 9.90 Å². The van der Waals surface area contributed by atoms with E-state index in [4.69, 9.17) is 0 Å². The summed E-state index contributed by atoms with van der Waals surface area (Å²) < 4.78 is 0. The van der Waals surface area contributed by atoms with Crippen LogP contribution in [0.5, 0.6) is 5.75 Å². The molecule has 0 spiro atoms. The second-order valence-electron chi connectivity index (χ2n) is 5.74. The number of phenolic OH excluding ortho intramolecular Hbond substituents is 1. The van der Waals surface area contributed by atoms with Crippen molar-refractivity contribution in [1.29, 1.82) is 0 Å². The number of carbonyl (C=O) groups excluding carboxylic acids is 1. The predicted octanol–water partition coefficient (Wildman–Crippen LogP) is 1.52. The van der Waals surface area contributed by atoms with Crippen LogP contribution in [0.15, 0.2) is 18.2 Å². The molecule has 19 heavy (non-hydrogen) atoms. The molecule has 102 valence electrons. The van der Waals surface area contributed by atoms with Gasteiger partial charge in [-0.1, -0.05) is 11.6 Å². The first-order chi connectivity index (χ1) is 9.13. The lowest BCUT2D eigenvalue weighted by atomic mass is 9.84. The van der Waals surface area contributed by atoms with Crippen LogP contribution in [0.1, 0.15) is 28.8 Å². The molecule has 0 aliphatic carbocycles. The van der Waals surface area contributed by atoms with Gasteiger partial charge in [-0.15, -0.1) is 0 Å². The highest BCUT2D eigenvalue weighted by molar-refractivity contribution is 5.97. The van der Waals surface area contributed by atoms with Gasteiger partial charge in [0.2, 0.25) is 0 Å². The highest BCUT2D eigenvalue weighted by Crippen LogP contribution is 2.28. The number of aromatic hydroxyl groups is 1. The number of amides is 1. The first kappa shape index (κ1) is 12.5. The number of benzene rings is 1. The fourth-order valence-electron chi connectivity index (χ4n) is 3.21.